The van der Waals surface area contributed by atoms with Gasteiger partial charge in [-0.3, -0.25) is 9.69 Å². The van der Waals surface area contributed by atoms with Crippen LogP contribution in [0.3, 0.4) is 0 Å². The summed E-state index contributed by atoms with van der Waals surface area (Å²) in [4.78, 5) is 19.3. The maximum atomic E-state index is 11.6. The molecule has 1 amide bonds. The number of rotatable bonds is 4. The second kappa shape index (κ2) is 5.99. The first kappa shape index (κ1) is 14.3. The molecule has 1 saturated heterocycles. The van der Waals surface area contributed by atoms with Gasteiger partial charge in [-0.05, 0) is 37.8 Å². The van der Waals surface area contributed by atoms with Gasteiger partial charge >= 0.3 is 0 Å². The van der Waals surface area contributed by atoms with Gasteiger partial charge in [-0.15, -0.1) is 11.3 Å². The minimum absolute atomic E-state index is 0.181. The summed E-state index contributed by atoms with van der Waals surface area (Å²) in [6.45, 7) is 3.42. The summed E-state index contributed by atoms with van der Waals surface area (Å²) in [5, 5.41) is 2.00. The number of hydrogen-bond acceptors (Lipinski definition) is 5. The van der Waals surface area contributed by atoms with E-state index in [4.69, 9.17) is 10.2 Å². The molecule has 1 fully saturated rings. The van der Waals surface area contributed by atoms with Crippen molar-refractivity contribution in [1.82, 2.24) is 9.88 Å². The van der Waals surface area contributed by atoms with Crippen molar-refractivity contribution in [3.63, 3.8) is 0 Å². The molecule has 21 heavy (non-hydrogen) atoms. The van der Waals surface area contributed by atoms with Crippen molar-refractivity contribution < 1.29 is 9.21 Å². The number of aromatic nitrogens is 1. The van der Waals surface area contributed by atoms with Crippen LogP contribution in [0.2, 0.25) is 0 Å². The molecule has 1 aliphatic heterocycles. The van der Waals surface area contributed by atoms with Crippen molar-refractivity contribution in [2.75, 3.05) is 6.54 Å². The van der Waals surface area contributed by atoms with E-state index in [9.17, 15) is 4.79 Å². The Morgan fingerprint density at radius 2 is 2.43 bits per heavy atom. The molecule has 3 heterocycles. The molecule has 3 rings (SSSR count). The lowest BCUT2D eigenvalue weighted by atomic mass is 10.0. The Morgan fingerprint density at radius 3 is 3.14 bits per heavy atom. The van der Waals surface area contributed by atoms with E-state index in [1.165, 1.54) is 0 Å². The lowest BCUT2D eigenvalue weighted by molar-refractivity contribution is -0.124. The van der Waals surface area contributed by atoms with Crippen molar-refractivity contribution in [1.29, 1.82) is 0 Å². The normalized spacial score (nSPS) is 19.8. The fourth-order valence-electron chi connectivity index (χ4n) is 2.78. The summed E-state index contributed by atoms with van der Waals surface area (Å²) in [5.41, 5.74) is 6.40. The second-order valence-electron chi connectivity index (χ2n) is 5.38. The Kier molecular flexibility index (Phi) is 4.07. The Morgan fingerprint density at radius 1 is 1.57 bits per heavy atom. The van der Waals surface area contributed by atoms with Crippen molar-refractivity contribution in [3.8, 4) is 10.8 Å². The highest BCUT2D eigenvalue weighted by molar-refractivity contribution is 7.13. The lowest BCUT2D eigenvalue weighted by Crippen LogP contribution is -2.47. The van der Waals surface area contributed by atoms with E-state index in [1.54, 1.807) is 11.3 Å². The molecule has 1 atom stereocenters. The average molecular weight is 305 g/mol. The number of carbonyl (C=O) groups excluding carboxylic acids is 1. The van der Waals surface area contributed by atoms with E-state index >= 15 is 0 Å². The first-order valence-electron chi connectivity index (χ1n) is 7.18. The van der Waals surface area contributed by atoms with Gasteiger partial charge in [-0.25, -0.2) is 4.98 Å². The molecule has 0 aromatic carbocycles. The van der Waals surface area contributed by atoms with Crippen LogP contribution in [0.15, 0.2) is 21.9 Å². The van der Waals surface area contributed by atoms with Crippen LogP contribution in [0, 0.1) is 6.92 Å². The van der Waals surface area contributed by atoms with Gasteiger partial charge in [0.15, 0.2) is 0 Å². The zero-order chi connectivity index (χ0) is 14.8. The Labute approximate surface area is 127 Å². The standard InChI is InChI=1S/C15H19N3O2S/c1-10-11(17-15(20-10)13-6-4-8-21-13)9-18-7-3-2-5-12(18)14(16)19/h4,6,8,12H,2-3,5,7,9H2,1H3,(H2,16,19). The highest BCUT2D eigenvalue weighted by Gasteiger charge is 2.28. The van der Waals surface area contributed by atoms with Gasteiger partial charge in [-0.1, -0.05) is 12.5 Å². The van der Waals surface area contributed by atoms with E-state index in [1.807, 2.05) is 24.4 Å². The number of primary amides is 1. The third kappa shape index (κ3) is 3.01. The van der Waals surface area contributed by atoms with Crippen molar-refractivity contribution in [2.24, 2.45) is 5.73 Å². The number of hydrogen-bond donors (Lipinski definition) is 1. The number of thiophene rings is 1. The maximum absolute atomic E-state index is 11.6. The van der Waals surface area contributed by atoms with E-state index in [2.05, 4.69) is 9.88 Å². The van der Waals surface area contributed by atoms with Gasteiger partial charge in [0.1, 0.15) is 5.76 Å². The zero-order valence-corrected chi connectivity index (χ0v) is 12.9. The molecule has 0 radical (unpaired) electrons. The van der Waals surface area contributed by atoms with Gasteiger partial charge in [0.2, 0.25) is 11.8 Å². The molecule has 0 bridgehead atoms. The molecule has 1 aliphatic rings. The molecule has 2 aromatic heterocycles. The minimum Gasteiger partial charge on any atom is -0.440 e. The van der Waals surface area contributed by atoms with Crippen LogP contribution in [0.1, 0.15) is 30.7 Å². The summed E-state index contributed by atoms with van der Waals surface area (Å²) in [7, 11) is 0. The van der Waals surface area contributed by atoms with Crippen LogP contribution >= 0.6 is 11.3 Å². The van der Waals surface area contributed by atoms with Crippen molar-refractivity contribution >= 4 is 17.2 Å². The molecule has 5 nitrogen and oxygen atoms in total. The summed E-state index contributed by atoms with van der Waals surface area (Å²) in [6.07, 6.45) is 2.99. The molecule has 6 heteroatoms. The summed E-state index contributed by atoms with van der Waals surface area (Å²) >= 11 is 1.61. The van der Waals surface area contributed by atoms with Crippen LogP contribution in [0.5, 0.6) is 0 Å². The Bertz CT molecular complexity index is 621. The third-order valence-corrected chi connectivity index (χ3v) is 4.78. The molecule has 2 N–H and O–H groups in total. The fourth-order valence-corrected chi connectivity index (χ4v) is 3.42. The molecular formula is C15H19N3O2S. The van der Waals surface area contributed by atoms with E-state index < -0.39 is 0 Å². The number of nitrogens with two attached hydrogens (primary N) is 1. The quantitative estimate of drug-likeness (QED) is 0.942. The number of nitrogens with zero attached hydrogens (tertiary/aromatic N) is 2. The first-order chi connectivity index (χ1) is 10.1. The zero-order valence-electron chi connectivity index (χ0n) is 12.0. The SMILES string of the molecule is Cc1oc(-c2cccs2)nc1CN1CCCCC1C(N)=O. The van der Waals surface area contributed by atoms with E-state index in [0.717, 1.165) is 42.1 Å². The van der Waals surface area contributed by atoms with Gasteiger partial charge in [-0.2, -0.15) is 0 Å². The van der Waals surface area contributed by atoms with Crippen LogP contribution in [0.4, 0.5) is 0 Å². The number of piperidine rings is 1. The molecule has 2 aromatic rings. The highest BCUT2D eigenvalue weighted by atomic mass is 32.1. The van der Waals surface area contributed by atoms with Gasteiger partial charge in [0.25, 0.3) is 0 Å². The molecule has 112 valence electrons. The summed E-state index contributed by atoms with van der Waals surface area (Å²) < 4.78 is 5.75. The monoisotopic (exact) mass is 305 g/mol. The van der Waals surface area contributed by atoms with E-state index in [-0.39, 0.29) is 11.9 Å². The predicted octanol–water partition coefficient (Wildman–Crippen LogP) is 2.55. The topological polar surface area (TPSA) is 72.4 Å². The number of aryl methyl sites for hydroxylation is 1. The third-order valence-electron chi connectivity index (χ3n) is 3.92. The highest BCUT2D eigenvalue weighted by Crippen LogP contribution is 2.27. The molecule has 0 saturated carbocycles. The van der Waals surface area contributed by atoms with Crippen molar-refractivity contribution in [2.45, 2.75) is 38.8 Å². The largest absolute Gasteiger partial charge is 0.440 e. The lowest BCUT2D eigenvalue weighted by Gasteiger charge is -2.32. The molecule has 0 aliphatic carbocycles. The van der Waals surface area contributed by atoms with Crippen molar-refractivity contribution in [3.05, 3.63) is 29.0 Å². The average Bonchev–Trinajstić information content (AvgIpc) is 3.10. The number of likely N-dealkylation sites (tertiary alicyclic amines) is 1. The van der Waals surface area contributed by atoms with Gasteiger partial charge in [0.05, 0.1) is 16.6 Å². The van der Waals surface area contributed by atoms with Gasteiger partial charge < -0.3 is 10.2 Å². The number of amides is 1. The molecular weight excluding hydrogens is 286 g/mol. The summed E-state index contributed by atoms with van der Waals surface area (Å²) in [6, 6.07) is 3.79. The maximum Gasteiger partial charge on any atom is 0.236 e. The molecule has 1 unspecified atom stereocenters. The van der Waals surface area contributed by atoms with Crippen LogP contribution in [-0.2, 0) is 11.3 Å². The predicted molar refractivity (Wildman–Crippen MR) is 81.8 cm³/mol. The summed E-state index contributed by atoms with van der Waals surface area (Å²) in [5.74, 6) is 1.23. The van der Waals surface area contributed by atoms with Crippen LogP contribution < -0.4 is 5.73 Å². The Balaban J connectivity index is 1.79. The smallest absolute Gasteiger partial charge is 0.236 e. The number of carbonyl (C=O) groups is 1. The second-order valence-corrected chi connectivity index (χ2v) is 6.33. The number of oxazole rings is 1. The van der Waals surface area contributed by atoms with Gasteiger partial charge in [0, 0.05) is 6.54 Å². The van der Waals surface area contributed by atoms with Crippen LogP contribution in [0.25, 0.3) is 10.8 Å². The fraction of sp³-hybridized carbons (Fsp3) is 0.467. The minimum atomic E-state index is -0.241. The molecule has 0 spiro atoms. The van der Waals surface area contributed by atoms with Crippen LogP contribution in [-0.4, -0.2) is 28.4 Å². The first-order valence-corrected chi connectivity index (χ1v) is 8.06. The van der Waals surface area contributed by atoms with E-state index in [0.29, 0.717) is 12.4 Å². The Hall–Kier alpha value is -1.66.